The van der Waals surface area contributed by atoms with Crippen molar-refractivity contribution in [2.75, 3.05) is 53.2 Å². The number of nitriles is 2. The van der Waals surface area contributed by atoms with Crippen LogP contribution in [0.2, 0.25) is 5.02 Å². The van der Waals surface area contributed by atoms with Gasteiger partial charge in [0.15, 0.2) is 0 Å². The largest absolute Gasteiger partial charge is 0.490 e. The van der Waals surface area contributed by atoms with Gasteiger partial charge < -0.3 is 24.4 Å². The Morgan fingerprint density at radius 1 is 0.915 bits per heavy atom. The lowest BCUT2D eigenvalue weighted by Gasteiger charge is -2.23. The van der Waals surface area contributed by atoms with E-state index >= 15 is 0 Å². The zero-order chi connectivity index (χ0) is 34.0. The number of halogens is 1. The molecule has 4 rings (SSSR count). The van der Waals surface area contributed by atoms with Crippen molar-refractivity contribution in [2.45, 2.75) is 17.2 Å². The highest BCUT2D eigenvalue weighted by Crippen LogP contribution is 2.37. The van der Waals surface area contributed by atoms with Crippen LogP contribution in [-0.2, 0) is 24.8 Å². The molecule has 0 aliphatic heterocycles. The molecule has 2 aromatic carbocycles. The molecule has 14 heteroatoms. The first-order valence-electron chi connectivity index (χ1n) is 14.3. The molecule has 0 saturated carbocycles. The van der Waals surface area contributed by atoms with Crippen molar-refractivity contribution >= 4 is 52.5 Å². The molecule has 0 saturated heterocycles. The number of aromatic nitrogens is 2. The van der Waals surface area contributed by atoms with Gasteiger partial charge in [-0.3, -0.25) is 9.59 Å². The summed E-state index contributed by atoms with van der Waals surface area (Å²) in [7, 11) is 5.91. The lowest BCUT2D eigenvalue weighted by molar-refractivity contribution is -0.870. The molecule has 4 aromatic rings. The molecule has 0 fully saturated rings. The summed E-state index contributed by atoms with van der Waals surface area (Å²) in [6.45, 7) is 0.823. The number of thioether (sulfide) groups is 1. The van der Waals surface area contributed by atoms with Crippen LogP contribution >= 0.6 is 34.7 Å². The van der Waals surface area contributed by atoms with E-state index in [9.17, 15) is 20.1 Å². The number of nitrogens with zero attached hydrogens (tertiary/aromatic N) is 5. The minimum Gasteiger partial charge on any atom is -0.490 e. The molecule has 0 aliphatic rings. The molecule has 2 heterocycles. The zero-order valence-corrected chi connectivity index (χ0v) is 28.4. The van der Waals surface area contributed by atoms with E-state index in [1.54, 1.807) is 24.3 Å². The number of anilines is 1. The van der Waals surface area contributed by atoms with Crippen LogP contribution in [-0.4, -0.2) is 73.9 Å². The van der Waals surface area contributed by atoms with Gasteiger partial charge in [0.2, 0.25) is 0 Å². The molecule has 2 aromatic heterocycles. The van der Waals surface area contributed by atoms with E-state index in [1.165, 1.54) is 23.1 Å². The number of nitrogen functional groups attached to an aromatic ring is 1. The second-order valence-corrected chi connectivity index (χ2v) is 13.4. The SMILES string of the molecule is C[N+](C)(C)CCOC(=O)CC(=O)OCCOc1ccc(-c2c(C#N)c(N)nc(SCc3csc(-c4ccc(Cl)cc4)n3)c2C#N)cc1. The third kappa shape index (κ3) is 10.2. The number of hydrogen-bond acceptors (Lipinski definition) is 12. The number of hydrogen-bond donors (Lipinski definition) is 1. The molecule has 47 heavy (non-hydrogen) atoms. The number of rotatable bonds is 14. The summed E-state index contributed by atoms with van der Waals surface area (Å²) in [4.78, 5) is 32.8. The van der Waals surface area contributed by atoms with Crippen LogP contribution in [0.5, 0.6) is 5.75 Å². The molecule has 242 valence electrons. The maximum Gasteiger partial charge on any atom is 0.317 e. The molecule has 0 spiro atoms. The number of carbonyl (C=O) groups is 2. The van der Waals surface area contributed by atoms with Crippen molar-refractivity contribution in [2.24, 2.45) is 0 Å². The number of pyridine rings is 1. The van der Waals surface area contributed by atoms with Crippen molar-refractivity contribution < 1.29 is 28.3 Å². The summed E-state index contributed by atoms with van der Waals surface area (Å²) in [6.07, 6.45) is -0.474. The number of nitrogens with two attached hydrogens (primary N) is 1. The van der Waals surface area contributed by atoms with Gasteiger partial charge in [-0.1, -0.05) is 47.6 Å². The lowest BCUT2D eigenvalue weighted by Crippen LogP contribution is -2.38. The number of quaternary nitrogens is 1. The van der Waals surface area contributed by atoms with Gasteiger partial charge in [0.1, 0.15) is 72.1 Å². The van der Waals surface area contributed by atoms with E-state index in [0.29, 0.717) is 43.7 Å². The van der Waals surface area contributed by atoms with E-state index in [-0.39, 0.29) is 36.8 Å². The Balaban J connectivity index is 1.37. The van der Waals surface area contributed by atoms with Crippen molar-refractivity contribution in [3.63, 3.8) is 0 Å². The maximum atomic E-state index is 11.9. The van der Waals surface area contributed by atoms with Gasteiger partial charge in [-0.2, -0.15) is 10.5 Å². The number of benzene rings is 2. The summed E-state index contributed by atoms with van der Waals surface area (Å²) in [5, 5.41) is 23.8. The first-order valence-corrected chi connectivity index (χ1v) is 16.5. The summed E-state index contributed by atoms with van der Waals surface area (Å²) in [6, 6.07) is 18.5. The summed E-state index contributed by atoms with van der Waals surface area (Å²) >= 11 is 8.81. The van der Waals surface area contributed by atoms with E-state index < -0.39 is 18.4 Å². The molecular formula is C33H32ClN6O5S2+. The molecule has 0 amide bonds. The average molecular weight is 692 g/mol. The number of likely N-dealkylation sites (N-methyl/N-ethyl adjacent to an activating group) is 1. The highest BCUT2D eigenvalue weighted by Gasteiger charge is 2.21. The Bertz CT molecular complexity index is 1810. The van der Waals surface area contributed by atoms with Crippen molar-refractivity contribution in [3.05, 3.63) is 75.8 Å². The Morgan fingerprint density at radius 3 is 2.19 bits per heavy atom. The van der Waals surface area contributed by atoms with Gasteiger partial charge in [-0.25, -0.2) is 9.97 Å². The molecule has 0 unspecified atom stereocenters. The molecule has 0 bridgehead atoms. The summed E-state index contributed by atoms with van der Waals surface area (Å²) in [5.74, 6) is -0.418. The van der Waals surface area contributed by atoms with Gasteiger partial charge >= 0.3 is 11.9 Å². The standard InChI is InChI=1S/C33H32ClN6O5S2/c1-40(2,3)12-13-44-28(41)16-29(42)45-15-14-43-25-10-6-21(7-11-25)30-26(17-35)31(37)39-33(27(30)18-36)47-20-24-19-46-32(38-24)22-4-8-23(34)9-5-22/h4-11,19H,12-16,20H2,1-3H3,(H2,37,39)/q+1. The third-order valence-corrected chi connectivity index (χ3v) is 8.69. The monoisotopic (exact) mass is 691 g/mol. The maximum absolute atomic E-state index is 11.9. The van der Waals surface area contributed by atoms with Crippen LogP contribution in [0, 0.1) is 22.7 Å². The fraction of sp³-hybridized carbons (Fsp3) is 0.273. The molecule has 11 nitrogen and oxygen atoms in total. The number of ether oxygens (including phenoxy) is 3. The first-order chi connectivity index (χ1) is 22.5. The molecule has 2 N–H and O–H groups in total. The molecule has 0 radical (unpaired) electrons. The lowest BCUT2D eigenvalue weighted by atomic mass is 9.97. The normalized spacial score (nSPS) is 10.9. The van der Waals surface area contributed by atoms with Crippen LogP contribution < -0.4 is 10.5 Å². The van der Waals surface area contributed by atoms with Crippen molar-refractivity contribution in [3.8, 4) is 39.6 Å². The van der Waals surface area contributed by atoms with E-state index in [1.807, 2.05) is 50.8 Å². The van der Waals surface area contributed by atoms with Crippen LogP contribution in [0.25, 0.3) is 21.7 Å². The first kappa shape index (κ1) is 35.2. The van der Waals surface area contributed by atoms with Crippen molar-refractivity contribution in [1.82, 2.24) is 9.97 Å². The number of carbonyl (C=O) groups excluding carboxylic acids is 2. The third-order valence-electron chi connectivity index (χ3n) is 6.49. The zero-order valence-electron chi connectivity index (χ0n) is 26.0. The smallest absolute Gasteiger partial charge is 0.317 e. The van der Waals surface area contributed by atoms with Crippen LogP contribution in [0.15, 0.2) is 58.9 Å². The Labute approximate surface area is 286 Å². The highest BCUT2D eigenvalue weighted by atomic mass is 35.5. The second-order valence-electron chi connectivity index (χ2n) is 11.1. The van der Waals surface area contributed by atoms with Gasteiger partial charge in [-0.05, 0) is 29.8 Å². The minimum absolute atomic E-state index is 0.0172. The highest BCUT2D eigenvalue weighted by molar-refractivity contribution is 7.98. The predicted octanol–water partition coefficient (Wildman–Crippen LogP) is 5.70. The number of esters is 2. The van der Waals surface area contributed by atoms with E-state index in [2.05, 4.69) is 17.1 Å². The fourth-order valence-electron chi connectivity index (χ4n) is 4.12. The predicted molar refractivity (Wildman–Crippen MR) is 181 cm³/mol. The van der Waals surface area contributed by atoms with Gasteiger partial charge in [-0.15, -0.1) is 11.3 Å². The van der Waals surface area contributed by atoms with Crippen molar-refractivity contribution in [1.29, 1.82) is 10.5 Å². The Hall–Kier alpha value is -4.66. The summed E-state index contributed by atoms with van der Waals surface area (Å²) < 4.78 is 16.4. The molecule has 0 atom stereocenters. The second kappa shape index (κ2) is 16.3. The van der Waals surface area contributed by atoms with Gasteiger partial charge in [0, 0.05) is 27.3 Å². The topological polar surface area (TPSA) is 161 Å². The molecular weight excluding hydrogens is 660 g/mol. The van der Waals surface area contributed by atoms with Gasteiger partial charge in [0.05, 0.1) is 32.4 Å². The van der Waals surface area contributed by atoms with E-state index in [4.69, 9.17) is 36.5 Å². The quantitative estimate of drug-likeness (QED) is 0.0567. The Kier molecular flexibility index (Phi) is 12.2. The Morgan fingerprint density at radius 2 is 1.55 bits per heavy atom. The minimum atomic E-state index is -0.701. The molecule has 0 aliphatic carbocycles. The average Bonchev–Trinajstić information content (AvgIpc) is 3.51. The fourth-order valence-corrected chi connectivity index (χ4v) is 6.06. The summed E-state index contributed by atoms with van der Waals surface area (Å²) in [5.41, 5.74) is 9.22. The number of thiazole rings is 1. The van der Waals surface area contributed by atoms with Crippen LogP contribution in [0.4, 0.5) is 5.82 Å². The van der Waals surface area contributed by atoms with Crippen LogP contribution in [0.1, 0.15) is 23.2 Å². The van der Waals surface area contributed by atoms with Crippen LogP contribution in [0.3, 0.4) is 0 Å². The van der Waals surface area contributed by atoms with Gasteiger partial charge in [0.25, 0.3) is 0 Å². The van der Waals surface area contributed by atoms with E-state index in [0.717, 1.165) is 16.3 Å².